The van der Waals surface area contributed by atoms with Gasteiger partial charge in [0.15, 0.2) is 0 Å². The standard InChI is InChI=1S/C62H43N3/c1-4-21-50(22-5-1)63(53-35-33-45(34-36-53)58-40-47-19-12-13-20-48(47)41-59(58)49-32-31-44-17-10-11-18-46(44)39-49)54-27-16-28-55(42-54)64(51-23-6-2-7-24-51)56-37-38-62-60(43-56)57-29-14-15-30-61(57)65(62)52-25-8-3-9-26-52/h1-43H. The van der Waals surface area contributed by atoms with Crippen LogP contribution in [-0.2, 0) is 0 Å². The molecule has 0 spiro atoms. The van der Waals surface area contributed by atoms with Crippen molar-refractivity contribution in [2.45, 2.75) is 0 Å². The van der Waals surface area contributed by atoms with Crippen LogP contribution in [0.15, 0.2) is 261 Å². The molecule has 0 aliphatic heterocycles. The Morgan fingerprint density at radius 1 is 0.246 bits per heavy atom. The van der Waals surface area contributed by atoms with Crippen molar-refractivity contribution in [1.29, 1.82) is 0 Å². The van der Waals surface area contributed by atoms with Gasteiger partial charge < -0.3 is 14.4 Å². The highest BCUT2D eigenvalue weighted by molar-refractivity contribution is 6.11. The predicted octanol–water partition coefficient (Wildman–Crippen LogP) is 17.4. The summed E-state index contributed by atoms with van der Waals surface area (Å²) in [5.41, 5.74) is 14.8. The molecule has 3 heteroatoms. The molecule has 0 unspecified atom stereocenters. The van der Waals surface area contributed by atoms with Gasteiger partial charge in [0, 0.05) is 50.6 Å². The van der Waals surface area contributed by atoms with Crippen molar-refractivity contribution in [3.8, 4) is 27.9 Å². The van der Waals surface area contributed by atoms with Crippen molar-refractivity contribution in [2.24, 2.45) is 0 Å². The third-order valence-corrected chi connectivity index (χ3v) is 12.7. The van der Waals surface area contributed by atoms with E-state index in [0.29, 0.717) is 0 Å². The van der Waals surface area contributed by atoms with Crippen LogP contribution in [-0.4, -0.2) is 4.57 Å². The number of rotatable bonds is 9. The van der Waals surface area contributed by atoms with Gasteiger partial charge in [-0.15, -0.1) is 0 Å². The van der Waals surface area contributed by atoms with Gasteiger partial charge in [0.05, 0.1) is 11.0 Å². The predicted molar refractivity (Wildman–Crippen MR) is 276 cm³/mol. The molecule has 0 atom stereocenters. The van der Waals surface area contributed by atoms with E-state index in [0.717, 1.165) is 39.8 Å². The maximum atomic E-state index is 2.37. The van der Waals surface area contributed by atoms with Gasteiger partial charge in [-0.3, -0.25) is 0 Å². The molecule has 1 aromatic heterocycles. The zero-order valence-electron chi connectivity index (χ0n) is 35.7. The fourth-order valence-electron chi connectivity index (χ4n) is 9.64. The van der Waals surface area contributed by atoms with Crippen molar-refractivity contribution in [2.75, 3.05) is 9.80 Å². The molecular formula is C62H43N3. The van der Waals surface area contributed by atoms with Gasteiger partial charge >= 0.3 is 0 Å². The SMILES string of the molecule is c1ccc(N(c2ccc(-c3cc4ccccc4cc3-c3ccc4ccccc4c3)cc2)c2cccc(N(c3ccccc3)c3ccc4c(c3)c3ccccc3n4-c3ccccc3)c2)cc1. The second-order valence-corrected chi connectivity index (χ2v) is 16.6. The summed E-state index contributed by atoms with van der Waals surface area (Å²) in [6.07, 6.45) is 0. The topological polar surface area (TPSA) is 11.4 Å². The third kappa shape index (κ3) is 6.97. The van der Waals surface area contributed by atoms with Crippen LogP contribution in [0.5, 0.6) is 0 Å². The molecule has 1 heterocycles. The van der Waals surface area contributed by atoms with E-state index < -0.39 is 0 Å². The number of nitrogens with zero attached hydrogens (tertiary/aromatic N) is 3. The van der Waals surface area contributed by atoms with E-state index in [4.69, 9.17) is 0 Å². The molecule has 12 rings (SSSR count). The summed E-state index contributed by atoms with van der Waals surface area (Å²) in [5, 5.41) is 7.37. The van der Waals surface area contributed by atoms with Crippen LogP contribution in [0.3, 0.4) is 0 Å². The lowest BCUT2D eigenvalue weighted by atomic mass is 9.90. The average Bonchev–Trinajstić information content (AvgIpc) is 3.71. The zero-order chi connectivity index (χ0) is 43.1. The smallest absolute Gasteiger partial charge is 0.0542 e. The molecule has 306 valence electrons. The lowest BCUT2D eigenvalue weighted by molar-refractivity contribution is 1.18. The fourth-order valence-corrected chi connectivity index (χ4v) is 9.64. The van der Waals surface area contributed by atoms with Gasteiger partial charge in [0.25, 0.3) is 0 Å². The number of aromatic nitrogens is 1. The lowest BCUT2D eigenvalue weighted by Crippen LogP contribution is -2.13. The second-order valence-electron chi connectivity index (χ2n) is 16.6. The first kappa shape index (κ1) is 38.0. The van der Waals surface area contributed by atoms with Crippen LogP contribution < -0.4 is 9.80 Å². The Morgan fingerprint density at radius 3 is 1.35 bits per heavy atom. The Hall–Kier alpha value is -8.66. The van der Waals surface area contributed by atoms with Crippen molar-refractivity contribution in [3.63, 3.8) is 0 Å². The fraction of sp³-hybridized carbons (Fsp3) is 0. The Labute approximate surface area is 378 Å². The molecule has 0 saturated carbocycles. The van der Waals surface area contributed by atoms with E-state index in [1.807, 2.05) is 0 Å². The van der Waals surface area contributed by atoms with Crippen LogP contribution in [0.1, 0.15) is 0 Å². The van der Waals surface area contributed by atoms with Crippen LogP contribution in [0, 0.1) is 0 Å². The molecule has 12 aromatic rings. The van der Waals surface area contributed by atoms with Gasteiger partial charge in [-0.05, 0) is 153 Å². The van der Waals surface area contributed by atoms with Crippen molar-refractivity contribution < 1.29 is 0 Å². The number of anilines is 6. The van der Waals surface area contributed by atoms with Crippen LogP contribution in [0.4, 0.5) is 34.1 Å². The number of para-hydroxylation sites is 4. The quantitative estimate of drug-likeness (QED) is 0.144. The maximum absolute atomic E-state index is 2.37. The highest BCUT2D eigenvalue weighted by Crippen LogP contribution is 2.44. The number of hydrogen-bond acceptors (Lipinski definition) is 2. The minimum absolute atomic E-state index is 1.06. The maximum Gasteiger partial charge on any atom is 0.0542 e. The largest absolute Gasteiger partial charge is 0.310 e. The molecule has 0 aliphatic carbocycles. The van der Waals surface area contributed by atoms with Crippen molar-refractivity contribution in [3.05, 3.63) is 261 Å². The van der Waals surface area contributed by atoms with Crippen molar-refractivity contribution >= 4 is 77.5 Å². The summed E-state index contributed by atoms with van der Waals surface area (Å²) in [7, 11) is 0. The van der Waals surface area contributed by atoms with Gasteiger partial charge in [0.1, 0.15) is 0 Å². The molecular weight excluding hydrogens is 787 g/mol. The Bertz CT molecular complexity index is 3650. The summed E-state index contributed by atoms with van der Waals surface area (Å²) in [5.74, 6) is 0. The molecule has 0 bridgehead atoms. The summed E-state index contributed by atoms with van der Waals surface area (Å²) >= 11 is 0. The summed E-state index contributed by atoms with van der Waals surface area (Å²) in [6, 6.07) is 94.4. The first-order valence-electron chi connectivity index (χ1n) is 22.3. The summed E-state index contributed by atoms with van der Waals surface area (Å²) in [6.45, 7) is 0. The number of hydrogen-bond donors (Lipinski definition) is 0. The van der Waals surface area contributed by atoms with Crippen molar-refractivity contribution in [1.82, 2.24) is 4.57 Å². The van der Waals surface area contributed by atoms with Crippen LogP contribution >= 0.6 is 0 Å². The van der Waals surface area contributed by atoms with E-state index in [1.54, 1.807) is 0 Å². The monoisotopic (exact) mass is 829 g/mol. The summed E-state index contributed by atoms with van der Waals surface area (Å²) < 4.78 is 2.37. The Balaban J connectivity index is 0.971. The highest BCUT2D eigenvalue weighted by atomic mass is 15.2. The van der Waals surface area contributed by atoms with E-state index in [-0.39, 0.29) is 0 Å². The van der Waals surface area contributed by atoms with Crippen LogP contribution in [0.2, 0.25) is 0 Å². The van der Waals surface area contributed by atoms with Crippen LogP contribution in [0.25, 0.3) is 71.3 Å². The van der Waals surface area contributed by atoms with Gasteiger partial charge in [-0.1, -0.05) is 152 Å². The molecule has 0 aliphatic rings. The van der Waals surface area contributed by atoms with E-state index in [9.17, 15) is 0 Å². The van der Waals surface area contributed by atoms with Gasteiger partial charge in [-0.25, -0.2) is 0 Å². The third-order valence-electron chi connectivity index (χ3n) is 12.7. The molecule has 0 N–H and O–H groups in total. The molecule has 0 saturated heterocycles. The van der Waals surface area contributed by atoms with E-state index >= 15 is 0 Å². The minimum Gasteiger partial charge on any atom is -0.310 e. The molecule has 0 amide bonds. The average molecular weight is 830 g/mol. The molecule has 11 aromatic carbocycles. The molecule has 0 fully saturated rings. The summed E-state index contributed by atoms with van der Waals surface area (Å²) in [4.78, 5) is 4.73. The van der Waals surface area contributed by atoms with E-state index in [1.165, 1.54) is 65.6 Å². The highest BCUT2D eigenvalue weighted by Gasteiger charge is 2.20. The molecule has 3 nitrogen and oxygen atoms in total. The molecule has 0 radical (unpaired) electrons. The minimum atomic E-state index is 1.06. The second kappa shape index (κ2) is 16.2. The van der Waals surface area contributed by atoms with E-state index in [2.05, 4.69) is 275 Å². The molecule has 65 heavy (non-hydrogen) atoms. The Morgan fingerprint density at radius 2 is 0.692 bits per heavy atom. The number of benzene rings is 11. The first-order valence-corrected chi connectivity index (χ1v) is 22.3. The number of fused-ring (bicyclic) bond motifs is 5. The zero-order valence-corrected chi connectivity index (χ0v) is 35.7. The first-order chi connectivity index (χ1) is 32.2. The van der Waals surface area contributed by atoms with Gasteiger partial charge in [-0.2, -0.15) is 0 Å². The van der Waals surface area contributed by atoms with Gasteiger partial charge in [0.2, 0.25) is 0 Å². The Kier molecular flexibility index (Phi) is 9.50. The normalized spacial score (nSPS) is 11.4. The lowest BCUT2D eigenvalue weighted by Gasteiger charge is -2.29.